The molecule has 0 aromatic heterocycles. The van der Waals surface area contributed by atoms with Crippen molar-refractivity contribution >= 4 is 35.0 Å². The van der Waals surface area contributed by atoms with Crippen LogP contribution in [0.5, 0.6) is 0 Å². The predicted molar refractivity (Wildman–Crippen MR) is 74.8 cm³/mol. The van der Waals surface area contributed by atoms with Crippen LogP contribution in [0.2, 0.25) is 10.0 Å². The zero-order valence-electron chi connectivity index (χ0n) is 9.17. The minimum Gasteiger partial charge on any atom is -0.312 e. The summed E-state index contributed by atoms with van der Waals surface area (Å²) in [5.41, 5.74) is 0. The largest absolute Gasteiger partial charge is 0.312 e. The Morgan fingerprint density at radius 2 is 2.19 bits per heavy atom. The fourth-order valence-electron chi connectivity index (χ4n) is 1.21. The molecule has 1 atom stereocenters. The molecule has 1 aromatic carbocycles. The van der Waals surface area contributed by atoms with Crippen LogP contribution in [-0.2, 0) is 0 Å². The zero-order chi connectivity index (χ0) is 12.0. The van der Waals surface area contributed by atoms with Gasteiger partial charge >= 0.3 is 0 Å². The second-order valence-electron chi connectivity index (χ2n) is 3.45. The maximum absolute atomic E-state index is 5.95. The number of rotatable bonds is 6. The molecule has 1 nitrogen and oxygen atoms in total. The summed E-state index contributed by atoms with van der Waals surface area (Å²) in [6, 6.07) is 5.72. The molecule has 0 aliphatic carbocycles. The molecule has 0 radical (unpaired) electrons. The van der Waals surface area contributed by atoms with E-state index in [0.29, 0.717) is 15.3 Å². The van der Waals surface area contributed by atoms with Gasteiger partial charge in [0.2, 0.25) is 0 Å². The molecule has 1 unspecified atom stereocenters. The Hall–Kier alpha value is -0.150. The lowest BCUT2D eigenvalue weighted by atomic mass is 10.4. The number of hydrogen-bond acceptors (Lipinski definition) is 2. The van der Waals surface area contributed by atoms with Crippen molar-refractivity contribution in [2.24, 2.45) is 0 Å². The average Bonchev–Trinajstić information content (AvgIpc) is 2.24. The van der Waals surface area contributed by atoms with Gasteiger partial charge in [-0.1, -0.05) is 36.2 Å². The van der Waals surface area contributed by atoms with E-state index in [4.69, 9.17) is 23.2 Å². The summed E-state index contributed by atoms with van der Waals surface area (Å²) in [6.45, 7) is 7.61. The monoisotopic (exact) mass is 275 g/mol. The third-order valence-electron chi connectivity index (χ3n) is 1.95. The van der Waals surface area contributed by atoms with E-state index >= 15 is 0 Å². The smallest absolute Gasteiger partial charge is 0.0603 e. The van der Waals surface area contributed by atoms with E-state index < -0.39 is 0 Å². The van der Waals surface area contributed by atoms with Crippen molar-refractivity contribution in [1.29, 1.82) is 0 Å². The molecule has 1 rings (SSSR count). The molecule has 1 N–H and O–H groups in total. The molecule has 0 aliphatic rings. The third kappa shape index (κ3) is 4.79. The molecule has 4 heteroatoms. The summed E-state index contributed by atoms with van der Waals surface area (Å²) in [4.78, 5) is 1.14. The Morgan fingerprint density at radius 1 is 1.44 bits per heavy atom. The fraction of sp³-hybridized carbons (Fsp3) is 0.333. The highest BCUT2D eigenvalue weighted by Crippen LogP contribution is 2.29. The molecule has 1 aromatic rings. The molecule has 0 saturated carbocycles. The lowest BCUT2D eigenvalue weighted by molar-refractivity contribution is 0.740. The van der Waals surface area contributed by atoms with E-state index in [1.54, 1.807) is 11.8 Å². The highest BCUT2D eigenvalue weighted by atomic mass is 35.5. The van der Waals surface area contributed by atoms with Crippen molar-refractivity contribution in [3.63, 3.8) is 0 Å². The topological polar surface area (TPSA) is 12.0 Å². The molecule has 0 aliphatic heterocycles. The summed E-state index contributed by atoms with van der Waals surface area (Å²) in [6.07, 6.45) is 1.86. The van der Waals surface area contributed by atoms with Gasteiger partial charge in [0.15, 0.2) is 0 Å². The molecule has 0 saturated heterocycles. The van der Waals surface area contributed by atoms with Gasteiger partial charge < -0.3 is 5.32 Å². The summed E-state index contributed by atoms with van der Waals surface area (Å²) >= 11 is 13.6. The molecule has 0 fully saturated rings. The molecular formula is C12H15Cl2NS. The molecule has 0 amide bonds. The Labute approximate surface area is 111 Å². The van der Waals surface area contributed by atoms with Crippen LogP contribution >= 0.6 is 35.0 Å². The van der Waals surface area contributed by atoms with E-state index in [0.717, 1.165) is 18.0 Å². The minimum atomic E-state index is 0.484. The first-order valence-electron chi connectivity index (χ1n) is 5.07. The van der Waals surface area contributed by atoms with Gasteiger partial charge in [0.25, 0.3) is 0 Å². The SMILES string of the molecule is C=CCNCC(C)Sc1ccc(Cl)c(Cl)c1. The number of halogens is 2. The predicted octanol–water partition coefficient (Wildman–Crippen LogP) is 4.25. The Morgan fingerprint density at radius 3 is 2.81 bits per heavy atom. The number of benzene rings is 1. The van der Waals surface area contributed by atoms with Crippen LogP contribution in [0.25, 0.3) is 0 Å². The summed E-state index contributed by atoms with van der Waals surface area (Å²) in [7, 11) is 0. The normalized spacial score (nSPS) is 12.4. The lowest BCUT2D eigenvalue weighted by Gasteiger charge is -2.11. The third-order valence-corrected chi connectivity index (χ3v) is 3.78. The van der Waals surface area contributed by atoms with Gasteiger partial charge in [-0.15, -0.1) is 18.3 Å². The second-order valence-corrected chi connectivity index (χ2v) is 5.78. The van der Waals surface area contributed by atoms with Crippen LogP contribution in [0.3, 0.4) is 0 Å². The Kier molecular flexibility index (Phi) is 6.29. The first-order chi connectivity index (χ1) is 7.63. The van der Waals surface area contributed by atoms with Gasteiger partial charge in [-0.05, 0) is 18.2 Å². The van der Waals surface area contributed by atoms with Crippen LogP contribution in [0.4, 0.5) is 0 Å². The maximum atomic E-state index is 5.95. The maximum Gasteiger partial charge on any atom is 0.0603 e. The van der Waals surface area contributed by atoms with E-state index in [9.17, 15) is 0 Å². The summed E-state index contributed by atoms with van der Waals surface area (Å²) in [5, 5.41) is 4.98. The van der Waals surface area contributed by atoms with Gasteiger partial charge in [-0.3, -0.25) is 0 Å². The zero-order valence-corrected chi connectivity index (χ0v) is 11.5. The van der Waals surface area contributed by atoms with Crippen LogP contribution in [0.15, 0.2) is 35.7 Å². The van der Waals surface area contributed by atoms with Crippen molar-refractivity contribution in [2.45, 2.75) is 17.1 Å². The van der Waals surface area contributed by atoms with Gasteiger partial charge in [-0.2, -0.15) is 0 Å². The van der Waals surface area contributed by atoms with Gasteiger partial charge in [0.1, 0.15) is 0 Å². The van der Waals surface area contributed by atoms with Gasteiger partial charge in [-0.25, -0.2) is 0 Å². The molecule has 88 valence electrons. The highest BCUT2D eigenvalue weighted by molar-refractivity contribution is 8.00. The van der Waals surface area contributed by atoms with Crippen LogP contribution < -0.4 is 5.32 Å². The van der Waals surface area contributed by atoms with E-state index in [1.165, 1.54) is 0 Å². The minimum absolute atomic E-state index is 0.484. The fourth-order valence-corrected chi connectivity index (χ4v) is 2.57. The summed E-state index contributed by atoms with van der Waals surface area (Å²) < 4.78 is 0. The standard InChI is InChI=1S/C12H15Cl2NS/c1-3-6-15-8-9(2)16-10-4-5-11(13)12(14)7-10/h3-5,7,9,15H,1,6,8H2,2H3. The van der Waals surface area contributed by atoms with Crippen LogP contribution in [-0.4, -0.2) is 18.3 Å². The van der Waals surface area contributed by atoms with Crippen molar-refractivity contribution < 1.29 is 0 Å². The van der Waals surface area contributed by atoms with Gasteiger partial charge in [0.05, 0.1) is 10.0 Å². The average molecular weight is 276 g/mol. The first-order valence-corrected chi connectivity index (χ1v) is 6.70. The molecule has 16 heavy (non-hydrogen) atoms. The number of thioether (sulfide) groups is 1. The van der Waals surface area contributed by atoms with Crippen molar-refractivity contribution in [3.05, 3.63) is 40.9 Å². The first kappa shape index (κ1) is 13.9. The highest BCUT2D eigenvalue weighted by Gasteiger charge is 2.05. The molecule has 0 heterocycles. The van der Waals surface area contributed by atoms with Crippen LogP contribution in [0, 0.1) is 0 Å². The van der Waals surface area contributed by atoms with Crippen molar-refractivity contribution in [2.75, 3.05) is 13.1 Å². The van der Waals surface area contributed by atoms with Crippen LogP contribution in [0.1, 0.15) is 6.92 Å². The van der Waals surface area contributed by atoms with Gasteiger partial charge in [0, 0.05) is 23.2 Å². The van der Waals surface area contributed by atoms with E-state index in [-0.39, 0.29) is 0 Å². The van der Waals surface area contributed by atoms with Crippen molar-refractivity contribution in [1.82, 2.24) is 5.32 Å². The Bertz CT molecular complexity index is 355. The van der Waals surface area contributed by atoms with E-state index in [2.05, 4.69) is 18.8 Å². The molecule has 0 spiro atoms. The molecule has 0 bridgehead atoms. The number of nitrogens with one attached hydrogen (secondary N) is 1. The molecular weight excluding hydrogens is 261 g/mol. The summed E-state index contributed by atoms with van der Waals surface area (Å²) in [5.74, 6) is 0. The lowest BCUT2D eigenvalue weighted by Crippen LogP contribution is -2.22. The second kappa shape index (κ2) is 7.23. The quantitative estimate of drug-likeness (QED) is 0.473. The van der Waals surface area contributed by atoms with E-state index in [1.807, 2.05) is 24.3 Å². The number of hydrogen-bond donors (Lipinski definition) is 1. The van der Waals surface area contributed by atoms with Crippen molar-refractivity contribution in [3.8, 4) is 0 Å². The Balaban J connectivity index is 2.46.